The fraction of sp³-hybridized carbons (Fsp3) is 0.250. The molecule has 0 spiro atoms. The lowest BCUT2D eigenvalue weighted by Gasteiger charge is -2.41. The van der Waals surface area contributed by atoms with E-state index in [4.69, 9.17) is 5.26 Å². The molecule has 3 amide bonds. The molecule has 0 fully saturated rings. The van der Waals surface area contributed by atoms with Crippen LogP contribution in [-0.2, 0) is 9.68 Å². The van der Waals surface area contributed by atoms with E-state index in [1.807, 2.05) is 19.2 Å². The molecule has 4 N–H and O–H groups in total. The van der Waals surface area contributed by atoms with Crippen LogP contribution in [0.25, 0.3) is 0 Å². The minimum atomic E-state index is -2.18. The predicted octanol–water partition coefficient (Wildman–Crippen LogP) is 0.759. The number of urea groups is 1. The Balaban J connectivity index is 2.25. The van der Waals surface area contributed by atoms with Gasteiger partial charge in [-0.2, -0.15) is 9.88 Å². The van der Waals surface area contributed by atoms with Crippen molar-refractivity contribution in [2.24, 2.45) is 4.99 Å². The van der Waals surface area contributed by atoms with Crippen LogP contribution in [-0.4, -0.2) is 34.0 Å². The first-order chi connectivity index (χ1) is 9.89. The van der Waals surface area contributed by atoms with Crippen molar-refractivity contribution in [3.63, 3.8) is 0 Å². The molecule has 1 aromatic carbocycles. The molecule has 0 radical (unpaired) electrons. The molecule has 3 rings (SSSR count). The van der Waals surface area contributed by atoms with Gasteiger partial charge in [0, 0.05) is 0 Å². The molecular formula is C12H12N4O5. The number of benzene rings is 1. The molecule has 0 saturated carbocycles. The van der Waals surface area contributed by atoms with E-state index in [1.54, 1.807) is 12.1 Å². The fourth-order valence-corrected chi connectivity index (χ4v) is 2.28. The highest BCUT2D eigenvalue weighted by Gasteiger charge is 2.56. The number of fused-ring (bicyclic) bond motifs is 2. The Hall–Kier alpha value is -2.49. The number of nitrogens with one attached hydrogen (secondary N) is 2. The molecule has 1 aromatic rings. The van der Waals surface area contributed by atoms with Crippen LogP contribution < -0.4 is 15.7 Å². The van der Waals surface area contributed by atoms with E-state index >= 15 is 0 Å². The number of hydroxylamine groups is 1. The second kappa shape index (κ2) is 4.25. The van der Waals surface area contributed by atoms with E-state index in [-0.39, 0.29) is 5.69 Å². The van der Waals surface area contributed by atoms with Crippen LogP contribution in [0.15, 0.2) is 17.1 Å². The minimum absolute atomic E-state index is 0.284. The molecule has 0 aliphatic carbocycles. The van der Waals surface area contributed by atoms with Crippen molar-refractivity contribution in [2.45, 2.75) is 19.6 Å². The fourth-order valence-electron chi connectivity index (χ4n) is 2.28. The van der Waals surface area contributed by atoms with Gasteiger partial charge in [-0.05, 0) is 37.1 Å². The molecule has 9 nitrogen and oxygen atoms in total. The number of hydrogen-bond acceptors (Lipinski definition) is 7. The monoisotopic (exact) mass is 292 g/mol. The number of nitrogens with zero attached hydrogens (tertiary/aromatic N) is 2. The number of carbonyl (C=O) groups excluding carboxylic acids is 2. The van der Waals surface area contributed by atoms with Crippen molar-refractivity contribution >= 4 is 29.1 Å². The van der Waals surface area contributed by atoms with Gasteiger partial charge >= 0.3 is 11.8 Å². The largest absolute Gasteiger partial charge is 0.349 e. The maximum atomic E-state index is 12.0. The van der Waals surface area contributed by atoms with Crippen LogP contribution in [0, 0.1) is 13.8 Å². The topological polar surface area (TPSA) is 123 Å². The van der Waals surface area contributed by atoms with Crippen LogP contribution in [0.1, 0.15) is 11.1 Å². The van der Waals surface area contributed by atoms with Crippen LogP contribution in [0.5, 0.6) is 0 Å². The first-order valence-electron chi connectivity index (χ1n) is 6.04. The van der Waals surface area contributed by atoms with Crippen molar-refractivity contribution < 1.29 is 24.9 Å². The van der Waals surface area contributed by atoms with Crippen LogP contribution in [0.4, 0.5) is 16.2 Å². The summed E-state index contributed by atoms with van der Waals surface area (Å²) in [7, 11) is 0. The number of rotatable bonds is 1. The first kappa shape index (κ1) is 13.5. The Kier molecular flexibility index (Phi) is 2.73. The van der Waals surface area contributed by atoms with Gasteiger partial charge < -0.3 is 5.32 Å². The summed E-state index contributed by atoms with van der Waals surface area (Å²) in [6.45, 7) is 3.69. The lowest BCUT2D eigenvalue weighted by Crippen LogP contribution is -2.69. The average Bonchev–Trinajstić information content (AvgIpc) is 2.43. The number of anilines is 2. The molecule has 2 aliphatic heterocycles. The number of hydrogen-bond donors (Lipinski definition) is 4. The highest BCUT2D eigenvalue weighted by Crippen LogP contribution is 2.38. The molecule has 0 saturated heterocycles. The summed E-state index contributed by atoms with van der Waals surface area (Å²) in [5, 5.41) is 24.5. The lowest BCUT2D eigenvalue weighted by molar-refractivity contribution is -0.284. The number of aryl methyl sites for hydroxylation is 2. The van der Waals surface area contributed by atoms with Gasteiger partial charge in [0.1, 0.15) is 0 Å². The summed E-state index contributed by atoms with van der Waals surface area (Å²) in [5.74, 6) is -1.45. The third-order valence-corrected chi connectivity index (χ3v) is 3.55. The molecule has 1 atom stereocenters. The van der Waals surface area contributed by atoms with Crippen molar-refractivity contribution in [3.8, 4) is 0 Å². The van der Waals surface area contributed by atoms with Crippen molar-refractivity contribution in [2.75, 3.05) is 10.4 Å². The summed E-state index contributed by atoms with van der Waals surface area (Å²) in [4.78, 5) is 31.1. The van der Waals surface area contributed by atoms with Gasteiger partial charge in [-0.25, -0.2) is 15.1 Å². The minimum Gasteiger partial charge on any atom is -0.339 e. The van der Waals surface area contributed by atoms with E-state index in [1.165, 1.54) is 0 Å². The van der Waals surface area contributed by atoms with Gasteiger partial charge in [-0.15, -0.1) is 0 Å². The number of imide groups is 1. The standard InChI is InChI=1S/C12H12N4O5/c1-5-3-7-8(4-6(5)2)16(19)9-12(15-7,21-20)10(17)14-11(18)13-9/h3-4,15,19-20H,1-2H3,(H,14,17,18). The second-order valence-corrected chi connectivity index (χ2v) is 4.86. The van der Waals surface area contributed by atoms with E-state index in [9.17, 15) is 14.8 Å². The maximum absolute atomic E-state index is 12.0. The molecule has 2 heterocycles. The molecule has 110 valence electrons. The summed E-state index contributed by atoms with van der Waals surface area (Å²) >= 11 is 0. The molecule has 2 aliphatic rings. The molecule has 9 heteroatoms. The summed E-state index contributed by atoms with van der Waals surface area (Å²) in [5.41, 5.74) is 0.233. The highest BCUT2D eigenvalue weighted by atomic mass is 17.1. The summed E-state index contributed by atoms with van der Waals surface area (Å²) in [6, 6.07) is 2.36. The third-order valence-electron chi connectivity index (χ3n) is 3.55. The zero-order chi connectivity index (χ0) is 15.4. The SMILES string of the molecule is Cc1cc2c(cc1C)N(O)C1=NC(=O)NC(=O)C1(OO)N2. The van der Waals surface area contributed by atoms with E-state index in [0.29, 0.717) is 10.8 Å². The summed E-state index contributed by atoms with van der Waals surface area (Å²) < 4.78 is 0. The molecule has 21 heavy (non-hydrogen) atoms. The van der Waals surface area contributed by atoms with Gasteiger partial charge in [0.25, 0.3) is 5.91 Å². The van der Waals surface area contributed by atoms with Crippen molar-refractivity contribution in [1.29, 1.82) is 0 Å². The van der Waals surface area contributed by atoms with Crippen LogP contribution >= 0.6 is 0 Å². The number of amidine groups is 1. The normalized spacial score (nSPS) is 23.8. The lowest BCUT2D eigenvalue weighted by atomic mass is 10.0. The Bertz CT molecular complexity index is 701. The second-order valence-electron chi connectivity index (χ2n) is 4.86. The predicted molar refractivity (Wildman–Crippen MR) is 71.2 cm³/mol. The zero-order valence-corrected chi connectivity index (χ0v) is 11.2. The van der Waals surface area contributed by atoms with Gasteiger partial charge in [0.05, 0.1) is 11.4 Å². The van der Waals surface area contributed by atoms with Crippen molar-refractivity contribution in [1.82, 2.24) is 5.32 Å². The van der Waals surface area contributed by atoms with Crippen LogP contribution in [0.3, 0.4) is 0 Å². The van der Waals surface area contributed by atoms with E-state index < -0.39 is 23.5 Å². The van der Waals surface area contributed by atoms with E-state index in [2.05, 4.69) is 15.2 Å². The number of aliphatic imine (C=N–C) groups is 1. The van der Waals surface area contributed by atoms with Gasteiger partial charge in [-0.1, -0.05) is 0 Å². The Morgan fingerprint density at radius 2 is 1.95 bits per heavy atom. The van der Waals surface area contributed by atoms with Gasteiger partial charge in [0.15, 0.2) is 0 Å². The molecular weight excluding hydrogens is 280 g/mol. The maximum Gasteiger partial charge on any atom is 0.349 e. The average molecular weight is 292 g/mol. The Labute approximate surface area is 118 Å². The number of carbonyl (C=O) groups is 2. The first-order valence-corrected chi connectivity index (χ1v) is 6.04. The highest BCUT2D eigenvalue weighted by molar-refractivity contribution is 6.28. The van der Waals surface area contributed by atoms with E-state index in [0.717, 1.165) is 11.1 Å². The summed E-state index contributed by atoms with van der Waals surface area (Å²) in [6.07, 6.45) is 0. The third kappa shape index (κ3) is 1.72. The van der Waals surface area contributed by atoms with Crippen molar-refractivity contribution in [3.05, 3.63) is 23.3 Å². The molecule has 0 aromatic heterocycles. The Morgan fingerprint density at radius 1 is 1.29 bits per heavy atom. The quantitative estimate of drug-likeness (QED) is 0.445. The molecule has 0 bridgehead atoms. The van der Waals surface area contributed by atoms with Gasteiger partial charge in [-0.3, -0.25) is 15.3 Å². The van der Waals surface area contributed by atoms with Gasteiger partial charge in [0.2, 0.25) is 5.84 Å². The Morgan fingerprint density at radius 3 is 2.62 bits per heavy atom. The smallest absolute Gasteiger partial charge is 0.339 e. The molecule has 1 unspecified atom stereocenters. The zero-order valence-electron chi connectivity index (χ0n) is 11.2. The number of amides is 3. The van der Waals surface area contributed by atoms with Crippen LogP contribution in [0.2, 0.25) is 0 Å².